The molecule has 0 N–H and O–H groups in total. The zero-order valence-electron chi connectivity index (χ0n) is 17.2. The van der Waals surface area contributed by atoms with Crippen LogP contribution in [0.2, 0.25) is 0 Å². The van der Waals surface area contributed by atoms with Gasteiger partial charge in [0.25, 0.3) is 0 Å². The van der Waals surface area contributed by atoms with E-state index in [1.165, 1.54) is 0 Å². The van der Waals surface area contributed by atoms with Gasteiger partial charge in [-0.15, -0.1) is 0 Å². The van der Waals surface area contributed by atoms with Gasteiger partial charge in [0.15, 0.2) is 5.41 Å². The highest BCUT2D eigenvalue weighted by atomic mass is 16.6. The smallest absolute Gasteiger partial charge is 0.330 e. The van der Waals surface area contributed by atoms with Crippen molar-refractivity contribution in [1.29, 1.82) is 10.5 Å². The monoisotopic (exact) mass is 397 g/mol. The summed E-state index contributed by atoms with van der Waals surface area (Å²) in [6.45, 7) is 5.46. The van der Waals surface area contributed by atoms with E-state index in [2.05, 4.69) is 12.1 Å². The van der Waals surface area contributed by atoms with E-state index in [9.17, 15) is 15.3 Å². The standard InChI is InChI=1S/C25H23N3O2/c1-24(2,3)30-23(29)22-21(18-10-5-4-6-11-18)25(15-26,16-27)20-14-13-17-9-7-8-12-19(17)28(20)22/h4-14,20-22H,1-3H3. The van der Waals surface area contributed by atoms with Crippen LogP contribution in [0, 0.1) is 28.1 Å². The molecule has 0 bridgehead atoms. The highest BCUT2D eigenvalue weighted by molar-refractivity contribution is 5.88. The van der Waals surface area contributed by atoms with Crippen LogP contribution in [0.5, 0.6) is 0 Å². The Labute approximate surface area is 176 Å². The van der Waals surface area contributed by atoms with Crippen molar-refractivity contribution in [2.45, 2.75) is 44.4 Å². The predicted molar refractivity (Wildman–Crippen MR) is 114 cm³/mol. The molecule has 2 aromatic rings. The van der Waals surface area contributed by atoms with Crippen molar-refractivity contribution < 1.29 is 9.53 Å². The summed E-state index contributed by atoms with van der Waals surface area (Å²) in [5, 5.41) is 20.6. The first-order valence-electron chi connectivity index (χ1n) is 9.98. The Morgan fingerprint density at radius 2 is 1.67 bits per heavy atom. The molecule has 2 heterocycles. The van der Waals surface area contributed by atoms with Crippen molar-refractivity contribution in [3.8, 4) is 12.1 Å². The molecular weight excluding hydrogens is 374 g/mol. The van der Waals surface area contributed by atoms with Crippen LogP contribution in [-0.2, 0) is 9.53 Å². The van der Waals surface area contributed by atoms with E-state index in [4.69, 9.17) is 4.74 Å². The van der Waals surface area contributed by atoms with E-state index in [0.29, 0.717) is 0 Å². The molecule has 2 aliphatic rings. The quantitative estimate of drug-likeness (QED) is 0.701. The third kappa shape index (κ3) is 2.95. The highest BCUT2D eigenvalue weighted by Gasteiger charge is 2.64. The molecule has 30 heavy (non-hydrogen) atoms. The summed E-state index contributed by atoms with van der Waals surface area (Å²) < 4.78 is 5.80. The number of esters is 1. The van der Waals surface area contributed by atoms with Crippen molar-refractivity contribution in [2.75, 3.05) is 4.90 Å². The zero-order valence-corrected chi connectivity index (χ0v) is 17.2. The van der Waals surface area contributed by atoms with Gasteiger partial charge in [-0.1, -0.05) is 60.7 Å². The lowest BCUT2D eigenvalue weighted by Gasteiger charge is -2.36. The molecule has 1 fully saturated rings. The fraction of sp³-hybridized carbons (Fsp3) is 0.320. The first kappa shape index (κ1) is 19.7. The highest BCUT2D eigenvalue weighted by Crippen LogP contribution is 2.55. The maximum atomic E-state index is 13.5. The summed E-state index contributed by atoms with van der Waals surface area (Å²) in [6.07, 6.45) is 3.80. The molecule has 0 spiro atoms. The lowest BCUT2D eigenvalue weighted by Crippen LogP contribution is -2.46. The van der Waals surface area contributed by atoms with Gasteiger partial charge in [0, 0.05) is 11.6 Å². The minimum Gasteiger partial charge on any atom is -0.458 e. The Morgan fingerprint density at radius 3 is 2.30 bits per heavy atom. The van der Waals surface area contributed by atoms with Crippen LogP contribution in [0.15, 0.2) is 60.7 Å². The first-order valence-corrected chi connectivity index (χ1v) is 9.98. The van der Waals surface area contributed by atoms with E-state index < -0.39 is 35.0 Å². The van der Waals surface area contributed by atoms with Crippen molar-refractivity contribution in [3.05, 3.63) is 71.8 Å². The number of carbonyl (C=O) groups excluding carboxylic acids is 1. The van der Waals surface area contributed by atoms with Gasteiger partial charge in [-0.05, 0) is 38.0 Å². The van der Waals surface area contributed by atoms with Crippen LogP contribution >= 0.6 is 0 Å². The fourth-order valence-electron chi connectivity index (χ4n) is 4.60. The molecule has 0 amide bonds. The Bertz CT molecular complexity index is 1070. The third-order valence-electron chi connectivity index (χ3n) is 5.72. The second-order valence-electron chi connectivity index (χ2n) is 8.73. The lowest BCUT2D eigenvalue weighted by atomic mass is 9.70. The number of anilines is 1. The van der Waals surface area contributed by atoms with E-state index in [-0.39, 0.29) is 0 Å². The number of hydrogen-bond acceptors (Lipinski definition) is 5. The molecule has 3 unspecified atom stereocenters. The van der Waals surface area contributed by atoms with Gasteiger partial charge in [-0.3, -0.25) is 0 Å². The summed E-state index contributed by atoms with van der Waals surface area (Å²) >= 11 is 0. The minimum absolute atomic E-state index is 0.432. The molecule has 1 saturated heterocycles. The van der Waals surface area contributed by atoms with Gasteiger partial charge in [0.05, 0.1) is 18.2 Å². The van der Waals surface area contributed by atoms with Crippen LogP contribution in [0.3, 0.4) is 0 Å². The van der Waals surface area contributed by atoms with Crippen LogP contribution in [0.1, 0.15) is 37.8 Å². The zero-order chi connectivity index (χ0) is 21.5. The summed E-state index contributed by atoms with van der Waals surface area (Å²) in [6, 6.07) is 20.3. The number of benzene rings is 2. The molecule has 2 aromatic carbocycles. The van der Waals surface area contributed by atoms with Crippen molar-refractivity contribution in [2.24, 2.45) is 5.41 Å². The van der Waals surface area contributed by atoms with E-state index >= 15 is 0 Å². The van der Waals surface area contributed by atoms with Gasteiger partial charge >= 0.3 is 5.97 Å². The largest absolute Gasteiger partial charge is 0.458 e. The van der Waals surface area contributed by atoms with Crippen molar-refractivity contribution >= 4 is 17.7 Å². The number of carbonyl (C=O) groups is 1. The van der Waals surface area contributed by atoms with Crippen LogP contribution in [-0.4, -0.2) is 23.7 Å². The Morgan fingerprint density at radius 1 is 1.03 bits per heavy atom. The second kappa shape index (κ2) is 7.04. The molecule has 5 heteroatoms. The SMILES string of the molecule is CC(C)(C)OC(=O)C1C(c2ccccc2)C(C#N)(C#N)C2C=Cc3ccccc3N12. The third-order valence-corrected chi connectivity index (χ3v) is 5.72. The number of nitrogens with zero attached hydrogens (tertiary/aromatic N) is 3. The number of ether oxygens (including phenoxy) is 1. The number of hydrogen-bond donors (Lipinski definition) is 0. The molecular formula is C25H23N3O2. The lowest BCUT2D eigenvalue weighted by molar-refractivity contribution is -0.156. The summed E-state index contributed by atoms with van der Waals surface area (Å²) in [5.41, 5.74) is 0.419. The normalized spacial score (nSPS) is 23.6. The Hall–Kier alpha value is -3.57. The second-order valence-corrected chi connectivity index (χ2v) is 8.73. The molecule has 4 rings (SSSR count). The van der Waals surface area contributed by atoms with E-state index in [1.807, 2.05) is 92.4 Å². The van der Waals surface area contributed by atoms with Gasteiger partial charge in [0.2, 0.25) is 0 Å². The van der Waals surface area contributed by atoms with E-state index in [0.717, 1.165) is 16.8 Å². The van der Waals surface area contributed by atoms with E-state index in [1.54, 1.807) is 0 Å². The maximum Gasteiger partial charge on any atom is 0.330 e. The van der Waals surface area contributed by atoms with Crippen molar-refractivity contribution in [1.82, 2.24) is 0 Å². The van der Waals surface area contributed by atoms with Gasteiger partial charge < -0.3 is 9.64 Å². The van der Waals surface area contributed by atoms with Gasteiger partial charge in [-0.2, -0.15) is 10.5 Å². The molecule has 0 aromatic heterocycles. The summed E-state index contributed by atoms with van der Waals surface area (Å²) in [7, 11) is 0. The number of para-hydroxylation sites is 1. The Balaban J connectivity index is 1.97. The van der Waals surface area contributed by atoms with Crippen LogP contribution in [0.25, 0.3) is 6.08 Å². The number of rotatable bonds is 2. The number of nitriles is 2. The summed E-state index contributed by atoms with van der Waals surface area (Å²) in [4.78, 5) is 15.4. The van der Waals surface area contributed by atoms with Gasteiger partial charge in [-0.25, -0.2) is 4.79 Å². The van der Waals surface area contributed by atoms with Crippen molar-refractivity contribution in [3.63, 3.8) is 0 Å². The maximum absolute atomic E-state index is 13.5. The summed E-state index contributed by atoms with van der Waals surface area (Å²) in [5.74, 6) is -1.09. The molecule has 0 saturated carbocycles. The molecule has 5 nitrogen and oxygen atoms in total. The molecule has 0 radical (unpaired) electrons. The molecule has 3 atom stereocenters. The van der Waals surface area contributed by atoms with Crippen LogP contribution in [0.4, 0.5) is 5.69 Å². The van der Waals surface area contributed by atoms with Gasteiger partial charge in [0.1, 0.15) is 11.6 Å². The molecule has 0 aliphatic carbocycles. The predicted octanol–water partition coefficient (Wildman–Crippen LogP) is 4.43. The average molecular weight is 397 g/mol. The molecule has 2 aliphatic heterocycles. The number of fused-ring (bicyclic) bond motifs is 3. The fourth-order valence-corrected chi connectivity index (χ4v) is 4.60. The topological polar surface area (TPSA) is 77.1 Å². The first-order chi connectivity index (χ1) is 14.3. The average Bonchev–Trinajstić information content (AvgIpc) is 3.04. The minimum atomic E-state index is -1.44. The molecule has 150 valence electrons. The van der Waals surface area contributed by atoms with Crippen LogP contribution < -0.4 is 4.90 Å². The Kier molecular flexibility index (Phi) is 4.63.